The van der Waals surface area contributed by atoms with E-state index in [4.69, 9.17) is 14.6 Å². The minimum absolute atomic E-state index is 0.216. The van der Waals surface area contributed by atoms with Crippen molar-refractivity contribution in [3.8, 4) is 0 Å². The molecule has 1 N–H and O–H groups in total. The molecule has 4 heteroatoms. The summed E-state index contributed by atoms with van der Waals surface area (Å²) in [6, 6.07) is 0. The number of aliphatic carboxylic acids is 1. The van der Waals surface area contributed by atoms with Crippen LogP contribution in [0, 0.1) is 5.92 Å². The molecular weight excluding hydrogens is 160 g/mol. The molecule has 4 nitrogen and oxygen atoms in total. The van der Waals surface area contributed by atoms with Gasteiger partial charge in [-0.1, -0.05) is 0 Å². The van der Waals surface area contributed by atoms with E-state index >= 15 is 0 Å². The average molecular weight is 172 g/mol. The van der Waals surface area contributed by atoms with Gasteiger partial charge in [-0.15, -0.1) is 0 Å². The van der Waals surface area contributed by atoms with Crippen LogP contribution in [0.3, 0.4) is 0 Å². The van der Waals surface area contributed by atoms with E-state index in [1.165, 1.54) is 0 Å². The van der Waals surface area contributed by atoms with Crippen LogP contribution in [0.1, 0.15) is 12.8 Å². The van der Waals surface area contributed by atoms with Crippen molar-refractivity contribution in [1.29, 1.82) is 0 Å². The van der Waals surface area contributed by atoms with Crippen molar-refractivity contribution >= 4 is 5.97 Å². The third-order valence-corrected chi connectivity index (χ3v) is 2.59. The van der Waals surface area contributed by atoms with Gasteiger partial charge in [-0.2, -0.15) is 0 Å². The van der Waals surface area contributed by atoms with E-state index < -0.39 is 5.97 Å². The van der Waals surface area contributed by atoms with E-state index in [1.54, 1.807) is 0 Å². The molecule has 1 heterocycles. The summed E-state index contributed by atoms with van der Waals surface area (Å²) in [4.78, 5) is 10.5. The Kier molecular flexibility index (Phi) is 1.81. The maximum Gasteiger partial charge on any atom is 0.306 e. The number of rotatable bonds is 1. The minimum atomic E-state index is -0.713. The molecule has 68 valence electrons. The van der Waals surface area contributed by atoms with Gasteiger partial charge in [-0.25, -0.2) is 0 Å². The second-order valence-corrected chi connectivity index (χ2v) is 3.53. The van der Waals surface area contributed by atoms with Crippen molar-refractivity contribution in [2.75, 3.05) is 19.8 Å². The number of carboxylic acids is 1. The summed E-state index contributed by atoms with van der Waals surface area (Å²) in [5.74, 6) is -0.929. The highest BCUT2D eigenvalue weighted by atomic mass is 16.6. The van der Waals surface area contributed by atoms with Crippen LogP contribution < -0.4 is 0 Å². The second kappa shape index (κ2) is 2.71. The standard InChI is InChI=1S/C8H12O4/c9-7(10)6-3-8(4-6)5-11-1-2-12-8/h6H,1-5H2,(H,9,10). The first-order valence-corrected chi connectivity index (χ1v) is 4.16. The molecule has 0 aromatic heterocycles. The fourth-order valence-electron chi connectivity index (χ4n) is 1.87. The van der Waals surface area contributed by atoms with Crippen LogP contribution in [0.15, 0.2) is 0 Å². The third kappa shape index (κ3) is 1.21. The number of carboxylic acid groups (broad SMARTS) is 1. The Morgan fingerprint density at radius 1 is 1.42 bits per heavy atom. The van der Waals surface area contributed by atoms with Gasteiger partial charge in [0.05, 0.1) is 31.3 Å². The minimum Gasteiger partial charge on any atom is -0.481 e. The predicted molar refractivity (Wildman–Crippen MR) is 39.9 cm³/mol. The Bertz CT molecular complexity index is 187. The van der Waals surface area contributed by atoms with E-state index in [-0.39, 0.29) is 11.5 Å². The molecule has 1 saturated heterocycles. The van der Waals surface area contributed by atoms with Crippen molar-refractivity contribution in [2.24, 2.45) is 5.92 Å². The lowest BCUT2D eigenvalue weighted by Crippen LogP contribution is -2.55. The predicted octanol–water partition coefficient (Wildman–Crippen LogP) is 0.267. The SMILES string of the molecule is O=C(O)C1CC2(COCCO2)C1. The zero-order valence-electron chi connectivity index (χ0n) is 6.78. The Balaban J connectivity index is 1.88. The van der Waals surface area contributed by atoms with Gasteiger partial charge in [0.15, 0.2) is 0 Å². The van der Waals surface area contributed by atoms with E-state index in [1.807, 2.05) is 0 Å². The van der Waals surface area contributed by atoms with Gasteiger partial charge in [0, 0.05) is 0 Å². The molecule has 1 spiro atoms. The van der Waals surface area contributed by atoms with Gasteiger partial charge in [-0.3, -0.25) is 4.79 Å². The van der Waals surface area contributed by atoms with E-state index in [2.05, 4.69) is 0 Å². The topological polar surface area (TPSA) is 55.8 Å². The lowest BCUT2D eigenvalue weighted by molar-refractivity contribution is -0.215. The normalized spacial score (nSPS) is 40.8. The Morgan fingerprint density at radius 2 is 2.17 bits per heavy atom. The van der Waals surface area contributed by atoms with Crippen molar-refractivity contribution in [3.63, 3.8) is 0 Å². The van der Waals surface area contributed by atoms with Crippen molar-refractivity contribution in [3.05, 3.63) is 0 Å². The highest BCUT2D eigenvalue weighted by Crippen LogP contribution is 2.42. The monoisotopic (exact) mass is 172 g/mol. The molecule has 0 aromatic carbocycles. The van der Waals surface area contributed by atoms with Crippen LogP contribution in [0.5, 0.6) is 0 Å². The van der Waals surface area contributed by atoms with Crippen molar-refractivity contribution < 1.29 is 19.4 Å². The molecule has 1 aliphatic heterocycles. The van der Waals surface area contributed by atoms with Crippen molar-refractivity contribution in [2.45, 2.75) is 18.4 Å². The molecule has 2 aliphatic rings. The van der Waals surface area contributed by atoms with Gasteiger partial charge in [0.2, 0.25) is 0 Å². The first-order valence-electron chi connectivity index (χ1n) is 4.16. The quantitative estimate of drug-likeness (QED) is 0.616. The third-order valence-electron chi connectivity index (χ3n) is 2.59. The van der Waals surface area contributed by atoms with Gasteiger partial charge in [-0.05, 0) is 12.8 Å². The van der Waals surface area contributed by atoms with E-state index in [0.717, 1.165) is 0 Å². The van der Waals surface area contributed by atoms with Gasteiger partial charge < -0.3 is 14.6 Å². The number of hydrogen-bond donors (Lipinski definition) is 1. The first-order chi connectivity index (χ1) is 5.72. The molecule has 0 aromatic rings. The lowest BCUT2D eigenvalue weighted by atomic mass is 9.71. The summed E-state index contributed by atoms with van der Waals surface area (Å²) >= 11 is 0. The molecule has 2 rings (SSSR count). The average Bonchev–Trinajstić information content (AvgIpc) is 2.01. The molecule has 0 unspecified atom stereocenters. The molecule has 0 radical (unpaired) electrons. The summed E-state index contributed by atoms with van der Waals surface area (Å²) in [5, 5.41) is 8.65. The Labute approximate surface area is 70.5 Å². The smallest absolute Gasteiger partial charge is 0.306 e. The van der Waals surface area contributed by atoms with Crippen LogP contribution in [0.25, 0.3) is 0 Å². The van der Waals surface area contributed by atoms with Crippen LogP contribution in [-0.2, 0) is 14.3 Å². The molecule has 2 fully saturated rings. The van der Waals surface area contributed by atoms with Gasteiger partial charge in [0.25, 0.3) is 0 Å². The van der Waals surface area contributed by atoms with Crippen LogP contribution in [0.4, 0.5) is 0 Å². The zero-order chi connectivity index (χ0) is 8.60. The highest BCUT2D eigenvalue weighted by Gasteiger charge is 2.49. The first kappa shape index (κ1) is 8.01. The number of ether oxygens (including phenoxy) is 2. The van der Waals surface area contributed by atoms with E-state index in [9.17, 15) is 4.79 Å². The molecule has 1 saturated carbocycles. The van der Waals surface area contributed by atoms with Crippen LogP contribution in [0.2, 0.25) is 0 Å². The van der Waals surface area contributed by atoms with Crippen LogP contribution in [-0.4, -0.2) is 36.5 Å². The van der Waals surface area contributed by atoms with Crippen LogP contribution >= 0.6 is 0 Å². The zero-order valence-corrected chi connectivity index (χ0v) is 6.78. The maximum absolute atomic E-state index is 10.5. The largest absolute Gasteiger partial charge is 0.481 e. The molecule has 0 amide bonds. The van der Waals surface area contributed by atoms with Crippen molar-refractivity contribution in [1.82, 2.24) is 0 Å². The second-order valence-electron chi connectivity index (χ2n) is 3.53. The maximum atomic E-state index is 10.5. The molecule has 12 heavy (non-hydrogen) atoms. The summed E-state index contributed by atoms with van der Waals surface area (Å²) in [6.45, 7) is 1.81. The van der Waals surface area contributed by atoms with Gasteiger partial charge in [0.1, 0.15) is 0 Å². The molecule has 0 atom stereocenters. The fraction of sp³-hybridized carbons (Fsp3) is 0.875. The summed E-state index contributed by atoms with van der Waals surface area (Å²) in [5.41, 5.74) is -0.249. The molecular formula is C8H12O4. The Hall–Kier alpha value is -0.610. The number of carbonyl (C=O) groups is 1. The van der Waals surface area contributed by atoms with Gasteiger partial charge >= 0.3 is 5.97 Å². The number of hydrogen-bond acceptors (Lipinski definition) is 3. The summed E-state index contributed by atoms with van der Waals surface area (Å²) < 4.78 is 10.7. The lowest BCUT2D eigenvalue weighted by Gasteiger charge is -2.47. The Morgan fingerprint density at radius 3 is 2.67 bits per heavy atom. The molecule has 1 aliphatic carbocycles. The van der Waals surface area contributed by atoms with E-state index in [0.29, 0.717) is 32.7 Å². The fourth-order valence-corrected chi connectivity index (χ4v) is 1.87. The summed E-state index contributed by atoms with van der Waals surface area (Å²) in [7, 11) is 0. The highest BCUT2D eigenvalue weighted by molar-refractivity contribution is 5.71. The molecule has 0 bridgehead atoms. The summed E-state index contributed by atoms with van der Waals surface area (Å²) in [6.07, 6.45) is 1.23.